The van der Waals surface area contributed by atoms with Crippen LogP contribution < -0.4 is 5.32 Å². The van der Waals surface area contributed by atoms with Crippen LogP contribution in [0.1, 0.15) is 18.4 Å². The third kappa shape index (κ3) is 3.26. The summed E-state index contributed by atoms with van der Waals surface area (Å²) in [6.45, 7) is 7.24. The molecule has 0 radical (unpaired) electrons. The normalized spacial score (nSPS) is 28.2. The molecule has 2 nitrogen and oxygen atoms in total. The SMILES string of the molecule is C=CCN1CC(C2CC2)NCC1Cc1ccccc1. The molecule has 0 aromatic heterocycles. The van der Waals surface area contributed by atoms with Gasteiger partial charge in [-0.3, -0.25) is 4.90 Å². The van der Waals surface area contributed by atoms with Crippen LogP contribution in [0.2, 0.25) is 0 Å². The van der Waals surface area contributed by atoms with Crippen LogP contribution in [-0.4, -0.2) is 36.6 Å². The highest BCUT2D eigenvalue weighted by molar-refractivity contribution is 5.16. The second kappa shape index (κ2) is 5.89. The Hall–Kier alpha value is -1.12. The first-order valence-electron chi connectivity index (χ1n) is 7.49. The third-order valence-electron chi connectivity index (χ3n) is 4.43. The van der Waals surface area contributed by atoms with Gasteiger partial charge in [0.05, 0.1) is 0 Å². The van der Waals surface area contributed by atoms with E-state index in [9.17, 15) is 0 Å². The molecule has 102 valence electrons. The van der Waals surface area contributed by atoms with Gasteiger partial charge in [-0.2, -0.15) is 0 Å². The highest BCUT2D eigenvalue weighted by Gasteiger charge is 2.36. The van der Waals surface area contributed by atoms with Crippen LogP contribution in [0.3, 0.4) is 0 Å². The van der Waals surface area contributed by atoms with Crippen molar-refractivity contribution >= 4 is 0 Å². The number of rotatable bonds is 5. The van der Waals surface area contributed by atoms with Gasteiger partial charge in [-0.1, -0.05) is 36.4 Å². The highest BCUT2D eigenvalue weighted by Crippen LogP contribution is 2.34. The van der Waals surface area contributed by atoms with Crippen LogP contribution in [-0.2, 0) is 6.42 Å². The fourth-order valence-electron chi connectivity index (χ4n) is 3.17. The van der Waals surface area contributed by atoms with Crippen molar-refractivity contribution in [3.8, 4) is 0 Å². The summed E-state index contributed by atoms with van der Waals surface area (Å²) in [5.41, 5.74) is 1.44. The van der Waals surface area contributed by atoms with Crippen LogP contribution in [0.25, 0.3) is 0 Å². The Morgan fingerprint density at radius 3 is 2.74 bits per heavy atom. The van der Waals surface area contributed by atoms with Gasteiger partial charge in [0.15, 0.2) is 0 Å². The molecule has 1 saturated carbocycles. The van der Waals surface area contributed by atoms with E-state index in [1.54, 1.807) is 0 Å². The maximum atomic E-state index is 3.92. The molecule has 2 fully saturated rings. The van der Waals surface area contributed by atoms with E-state index >= 15 is 0 Å². The number of nitrogens with one attached hydrogen (secondary N) is 1. The fourth-order valence-corrected chi connectivity index (χ4v) is 3.17. The van der Waals surface area contributed by atoms with E-state index in [1.165, 1.54) is 24.9 Å². The van der Waals surface area contributed by atoms with Crippen molar-refractivity contribution in [2.45, 2.75) is 31.3 Å². The summed E-state index contributed by atoms with van der Waals surface area (Å²) in [5, 5.41) is 3.76. The molecule has 0 bridgehead atoms. The molecule has 2 aliphatic rings. The van der Waals surface area contributed by atoms with Crippen LogP contribution in [0.4, 0.5) is 0 Å². The van der Waals surface area contributed by atoms with E-state index < -0.39 is 0 Å². The Kier molecular flexibility index (Phi) is 4.00. The van der Waals surface area contributed by atoms with Crippen molar-refractivity contribution < 1.29 is 0 Å². The molecule has 2 unspecified atom stereocenters. The lowest BCUT2D eigenvalue weighted by atomic mass is 9.99. The monoisotopic (exact) mass is 256 g/mol. The summed E-state index contributed by atoms with van der Waals surface area (Å²) in [6, 6.07) is 12.2. The van der Waals surface area contributed by atoms with Crippen molar-refractivity contribution in [1.29, 1.82) is 0 Å². The Bertz CT molecular complexity index is 411. The molecule has 1 aromatic carbocycles. The minimum absolute atomic E-state index is 0.607. The molecular weight excluding hydrogens is 232 g/mol. The predicted octanol–water partition coefficient (Wildman–Crippen LogP) is 2.47. The average molecular weight is 256 g/mol. The zero-order chi connectivity index (χ0) is 13.1. The van der Waals surface area contributed by atoms with E-state index in [-0.39, 0.29) is 0 Å². The first-order chi connectivity index (χ1) is 9.36. The molecule has 2 heteroatoms. The Balaban J connectivity index is 1.64. The van der Waals surface area contributed by atoms with Crippen molar-refractivity contribution in [2.75, 3.05) is 19.6 Å². The van der Waals surface area contributed by atoms with Crippen LogP contribution in [0, 0.1) is 5.92 Å². The third-order valence-corrected chi connectivity index (χ3v) is 4.43. The molecule has 1 aliphatic carbocycles. The zero-order valence-corrected chi connectivity index (χ0v) is 11.6. The lowest BCUT2D eigenvalue weighted by Gasteiger charge is -2.40. The van der Waals surface area contributed by atoms with Crippen molar-refractivity contribution in [3.05, 3.63) is 48.6 Å². The zero-order valence-electron chi connectivity index (χ0n) is 11.6. The van der Waals surface area contributed by atoms with Gasteiger partial charge in [0, 0.05) is 31.7 Å². The van der Waals surface area contributed by atoms with E-state index in [0.29, 0.717) is 12.1 Å². The standard InChI is InChI=1S/C17H24N2/c1-2-10-19-13-17(15-8-9-15)18-12-16(19)11-14-6-4-3-5-7-14/h2-7,15-18H,1,8-13H2. The Morgan fingerprint density at radius 2 is 2.05 bits per heavy atom. The Morgan fingerprint density at radius 1 is 1.26 bits per heavy atom. The largest absolute Gasteiger partial charge is 0.311 e. The van der Waals surface area contributed by atoms with Gasteiger partial charge >= 0.3 is 0 Å². The smallest absolute Gasteiger partial charge is 0.0265 e. The molecule has 1 N–H and O–H groups in total. The minimum atomic E-state index is 0.607. The molecule has 0 amide bonds. The second-order valence-corrected chi connectivity index (χ2v) is 5.94. The van der Waals surface area contributed by atoms with Crippen molar-refractivity contribution in [2.24, 2.45) is 5.92 Å². The van der Waals surface area contributed by atoms with Gasteiger partial charge in [0.1, 0.15) is 0 Å². The minimum Gasteiger partial charge on any atom is -0.311 e. The molecule has 19 heavy (non-hydrogen) atoms. The number of hydrogen-bond donors (Lipinski definition) is 1. The second-order valence-electron chi connectivity index (χ2n) is 5.94. The number of hydrogen-bond acceptors (Lipinski definition) is 2. The van der Waals surface area contributed by atoms with Gasteiger partial charge in [-0.05, 0) is 30.7 Å². The molecular formula is C17H24N2. The molecule has 1 aromatic rings. The summed E-state index contributed by atoms with van der Waals surface area (Å²) in [6.07, 6.45) is 6.03. The Labute approximate surface area is 116 Å². The molecule has 2 atom stereocenters. The summed E-state index contributed by atoms with van der Waals surface area (Å²) in [5.74, 6) is 0.935. The lowest BCUT2D eigenvalue weighted by Crippen LogP contribution is -2.57. The van der Waals surface area contributed by atoms with E-state index in [1.807, 2.05) is 6.08 Å². The van der Waals surface area contributed by atoms with Crippen molar-refractivity contribution in [1.82, 2.24) is 10.2 Å². The summed E-state index contributed by atoms with van der Waals surface area (Å²) < 4.78 is 0. The average Bonchev–Trinajstić information content (AvgIpc) is 3.27. The van der Waals surface area contributed by atoms with Gasteiger partial charge in [0.2, 0.25) is 0 Å². The molecule has 1 aliphatic heterocycles. The van der Waals surface area contributed by atoms with E-state index in [0.717, 1.165) is 25.4 Å². The molecule has 0 spiro atoms. The van der Waals surface area contributed by atoms with Gasteiger partial charge in [-0.15, -0.1) is 6.58 Å². The molecule has 3 rings (SSSR count). The van der Waals surface area contributed by atoms with Crippen molar-refractivity contribution in [3.63, 3.8) is 0 Å². The quantitative estimate of drug-likeness (QED) is 0.814. The highest BCUT2D eigenvalue weighted by atomic mass is 15.2. The van der Waals surface area contributed by atoms with E-state index in [4.69, 9.17) is 0 Å². The van der Waals surface area contributed by atoms with Crippen LogP contribution in [0.15, 0.2) is 43.0 Å². The summed E-state index contributed by atoms with van der Waals surface area (Å²) in [7, 11) is 0. The number of piperazine rings is 1. The van der Waals surface area contributed by atoms with Gasteiger partial charge in [0.25, 0.3) is 0 Å². The van der Waals surface area contributed by atoms with Crippen LogP contribution >= 0.6 is 0 Å². The summed E-state index contributed by atoms with van der Waals surface area (Å²) in [4.78, 5) is 2.61. The summed E-state index contributed by atoms with van der Waals surface area (Å²) >= 11 is 0. The molecule has 1 saturated heterocycles. The molecule has 1 heterocycles. The lowest BCUT2D eigenvalue weighted by molar-refractivity contribution is 0.136. The van der Waals surface area contributed by atoms with Gasteiger partial charge in [-0.25, -0.2) is 0 Å². The topological polar surface area (TPSA) is 15.3 Å². The first kappa shape index (κ1) is 12.9. The maximum Gasteiger partial charge on any atom is 0.0265 e. The number of nitrogens with zero attached hydrogens (tertiary/aromatic N) is 1. The number of benzene rings is 1. The first-order valence-corrected chi connectivity index (χ1v) is 7.49. The van der Waals surface area contributed by atoms with Gasteiger partial charge < -0.3 is 5.32 Å². The van der Waals surface area contributed by atoms with E-state index in [2.05, 4.69) is 47.1 Å². The van der Waals surface area contributed by atoms with Crippen LogP contribution in [0.5, 0.6) is 0 Å². The predicted molar refractivity (Wildman–Crippen MR) is 80.2 cm³/mol. The fraction of sp³-hybridized carbons (Fsp3) is 0.529. The maximum absolute atomic E-state index is 3.92.